The number of piperazine rings is 2. The Bertz CT molecular complexity index is 3730. The fraction of sp³-hybridized carbons (Fsp3) is 0.603. The van der Waals surface area contributed by atoms with Gasteiger partial charge in [0.05, 0.1) is 41.9 Å². The Morgan fingerprint density at radius 1 is 0.832 bits per heavy atom. The molecular formula is C73H98F2N10O9Si. The number of hydrogen-bond acceptors (Lipinski definition) is 15. The smallest absolute Gasteiger partial charge is 0.411 e. The lowest BCUT2D eigenvalue weighted by Crippen LogP contribution is -2.63. The van der Waals surface area contributed by atoms with E-state index in [9.17, 15) is 19.2 Å². The van der Waals surface area contributed by atoms with E-state index >= 15 is 8.78 Å². The Hall–Kier alpha value is -7.19. The molecule has 5 saturated heterocycles. The summed E-state index contributed by atoms with van der Waals surface area (Å²) in [6, 6.07) is 11.0. The van der Waals surface area contributed by atoms with Crippen molar-refractivity contribution in [2.24, 2.45) is 17.3 Å². The maximum Gasteiger partial charge on any atom is 0.411 e. The van der Waals surface area contributed by atoms with Gasteiger partial charge in [0.25, 0.3) is 5.91 Å². The first kappa shape index (κ1) is 69.2. The number of hydrogen-bond donors (Lipinski definition) is 1. The molecule has 5 amide bonds. The first-order chi connectivity index (χ1) is 45.2. The van der Waals surface area contributed by atoms with E-state index in [1.807, 2.05) is 30.6 Å². The number of fused-ring (bicyclic) bond motifs is 4. The van der Waals surface area contributed by atoms with Crippen LogP contribution in [-0.2, 0) is 14.3 Å². The number of aromatic nitrogens is 3. The summed E-state index contributed by atoms with van der Waals surface area (Å²) in [5, 5.41) is 3.75. The van der Waals surface area contributed by atoms with Crippen molar-refractivity contribution in [3.05, 3.63) is 71.4 Å². The average molecular weight is 1330 g/mol. The molecule has 1 spiro atoms. The third-order valence-electron chi connectivity index (χ3n) is 21.5. The van der Waals surface area contributed by atoms with Gasteiger partial charge in [0.1, 0.15) is 48.0 Å². The van der Waals surface area contributed by atoms with Crippen molar-refractivity contribution in [1.82, 2.24) is 39.9 Å². The molecule has 6 fully saturated rings. The topological polar surface area (TPSA) is 185 Å². The van der Waals surface area contributed by atoms with Crippen LogP contribution in [0.5, 0.6) is 17.5 Å². The second kappa shape index (κ2) is 28.1. The Labute approximate surface area is 560 Å². The third-order valence-corrected chi connectivity index (χ3v) is 27.8. The van der Waals surface area contributed by atoms with Crippen molar-refractivity contribution in [2.75, 3.05) is 109 Å². The summed E-state index contributed by atoms with van der Waals surface area (Å²) in [6.07, 6.45) is 9.53. The number of urea groups is 1. The third kappa shape index (κ3) is 14.5. The normalized spacial score (nSPS) is 21.1. The summed E-state index contributed by atoms with van der Waals surface area (Å²) in [4.78, 5) is 79.7. The molecule has 5 aliphatic heterocycles. The monoisotopic (exact) mass is 1320 g/mol. The zero-order chi connectivity index (χ0) is 67.9. The van der Waals surface area contributed by atoms with E-state index in [2.05, 4.69) is 86.9 Å². The molecule has 5 aromatic rings. The summed E-state index contributed by atoms with van der Waals surface area (Å²) in [7, 11) is 0.684. The molecule has 2 unspecified atom stereocenters. The van der Waals surface area contributed by atoms with Crippen LogP contribution in [-0.4, -0.2) is 183 Å². The highest BCUT2D eigenvalue weighted by Gasteiger charge is 2.53. The predicted octanol–water partition coefficient (Wildman–Crippen LogP) is 12.9. The lowest BCUT2D eigenvalue weighted by Gasteiger charge is -2.47. The number of nitrogens with one attached hydrogen (secondary N) is 1. The van der Waals surface area contributed by atoms with Crippen molar-refractivity contribution in [3.8, 4) is 40.2 Å². The van der Waals surface area contributed by atoms with Gasteiger partial charge in [-0.1, -0.05) is 60.5 Å². The van der Waals surface area contributed by atoms with Crippen molar-refractivity contribution in [1.29, 1.82) is 0 Å². The number of anilines is 2. The predicted molar refractivity (Wildman–Crippen MR) is 368 cm³/mol. The molecule has 11 rings (SSSR count). The van der Waals surface area contributed by atoms with Crippen LogP contribution < -0.4 is 29.3 Å². The van der Waals surface area contributed by atoms with Gasteiger partial charge in [0, 0.05) is 114 Å². The van der Waals surface area contributed by atoms with Crippen LogP contribution in [0.25, 0.3) is 32.9 Å². The van der Waals surface area contributed by atoms with Gasteiger partial charge in [-0.3, -0.25) is 29.7 Å². The number of carbonyl (C=O) groups excluding carboxylic acids is 4. The first-order valence-corrected chi connectivity index (χ1v) is 36.7. The highest BCUT2D eigenvalue weighted by atomic mass is 28.3. The zero-order valence-electron chi connectivity index (χ0n) is 58.1. The number of benzene rings is 3. The SMILES string of the molecule is COCOc1cc(-c2ncc3c(N4CC5CCC(C)(C4)N5C(=O)OC(C)(C)C)nc(OC[C@H](C)CN4CCN(CC5CCC6(CC5)CCN(C(=O)c5ccc(OC)c(N7CCC(=O)NC7=O)c5)CC6)CC4)nc3c2F)c2c(C#C[Si](C(C)C)(C(C)C)C(C)C)c(F)ccc2c1. The molecule has 22 heteroatoms. The Morgan fingerprint density at radius 2 is 1.54 bits per heavy atom. The van der Waals surface area contributed by atoms with Crippen LogP contribution in [0.3, 0.4) is 0 Å². The number of methoxy groups -OCH3 is 2. The van der Waals surface area contributed by atoms with E-state index in [0.717, 1.165) is 77.8 Å². The van der Waals surface area contributed by atoms with Crippen LogP contribution >= 0.6 is 0 Å². The summed E-state index contributed by atoms with van der Waals surface area (Å²) >= 11 is 0. The minimum atomic E-state index is -2.36. The molecule has 2 bridgehead atoms. The lowest BCUT2D eigenvalue weighted by atomic mass is 9.65. The van der Waals surface area contributed by atoms with Crippen molar-refractivity contribution >= 4 is 65.2 Å². The second-order valence-electron chi connectivity index (χ2n) is 30.0. The van der Waals surface area contributed by atoms with Crippen LogP contribution in [0.4, 0.5) is 29.9 Å². The molecule has 3 aromatic carbocycles. The van der Waals surface area contributed by atoms with E-state index in [1.165, 1.54) is 38.0 Å². The van der Waals surface area contributed by atoms with Gasteiger partial charge in [-0.2, -0.15) is 9.97 Å². The zero-order valence-corrected chi connectivity index (χ0v) is 59.1. The molecule has 1 aliphatic carbocycles. The molecule has 1 saturated carbocycles. The Kier molecular flexibility index (Phi) is 20.5. The second-order valence-corrected chi connectivity index (χ2v) is 35.6. The number of halogens is 2. The van der Waals surface area contributed by atoms with Crippen LogP contribution in [0.2, 0.25) is 16.6 Å². The molecular weight excluding hydrogens is 1230 g/mol. The minimum Gasteiger partial charge on any atom is -0.495 e. The minimum absolute atomic E-state index is 0.00345. The summed E-state index contributed by atoms with van der Waals surface area (Å²) in [5.74, 6) is 3.74. The molecule has 7 heterocycles. The largest absolute Gasteiger partial charge is 0.495 e. The molecule has 3 atom stereocenters. The number of amides is 5. The van der Waals surface area contributed by atoms with Crippen molar-refractivity contribution in [2.45, 2.75) is 168 Å². The van der Waals surface area contributed by atoms with Gasteiger partial charge in [0.2, 0.25) is 5.91 Å². The number of likely N-dealkylation sites (tertiary alicyclic amines) is 1. The quantitative estimate of drug-likeness (QED) is 0.0496. The number of piperidine rings is 1. The molecule has 19 nitrogen and oxygen atoms in total. The molecule has 0 radical (unpaired) electrons. The standard InChI is InChI=1S/C73H98F2N10O9Si/c1-46(2)95(47(3)4,48(5)6)35-22-55-58(74)16-14-51-36-54(93-45-90-12)38-56(62(51)55)64-63(75)65-57(39-76-64)66(83-42-53-20-23-72(11,44-83)85(53)70(89)94-71(8,9)10)79-68(78-65)92-43-49(7)40-80-31-33-81(34-32-80)41-50-18-24-73(25-19-50)26-29-82(30-27-73)67(87)52-15-17-60(91-13)59(37-52)84-28-21-61(86)77-69(84)88/h14-17,36-39,46-50,53H,18-21,23-34,40-45H2,1-13H3,(H,77,86,88)/t49-,53?,72?/m1/s1. The van der Waals surface area contributed by atoms with E-state index < -0.39 is 36.9 Å². The van der Waals surface area contributed by atoms with Crippen LogP contribution in [0, 0.1) is 40.3 Å². The number of imide groups is 1. The van der Waals surface area contributed by atoms with Gasteiger partial charge in [0.15, 0.2) is 12.6 Å². The Morgan fingerprint density at radius 3 is 2.19 bits per heavy atom. The molecule has 1 N–H and O–H groups in total. The summed E-state index contributed by atoms with van der Waals surface area (Å²) in [6.45, 7) is 31.4. The van der Waals surface area contributed by atoms with Gasteiger partial charge in [-0.05, 0) is 149 Å². The molecule has 95 heavy (non-hydrogen) atoms. The highest BCUT2D eigenvalue weighted by Crippen LogP contribution is 2.49. The van der Waals surface area contributed by atoms with Gasteiger partial charge < -0.3 is 43.3 Å². The number of carbonyl (C=O) groups is 4. The number of rotatable bonds is 18. The van der Waals surface area contributed by atoms with E-state index in [4.69, 9.17) is 38.6 Å². The van der Waals surface area contributed by atoms with E-state index in [1.54, 1.807) is 42.6 Å². The Balaban J connectivity index is 0.777. The van der Waals surface area contributed by atoms with E-state index in [-0.39, 0.29) is 101 Å². The number of nitrogens with zero attached hydrogens (tertiary/aromatic N) is 9. The van der Waals surface area contributed by atoms with Crippen molar-refractivity contribution in [3.63, 3.8) is 0 Å². The van der Waals surface area contributed by atoms with Gasteiger partial charge in [-0.25, -0.2) is 18.4 Å². The average Bonchev–Trinajstić information content (AvgIpc) is 1.73. The molecule has 512 valence electrons. The summed E-state index contributed by atoms with van der Waals surface area (Å²) < 4.78 is 64.4. The highest BCUT2D eigenvalue weighted by molar-refractivity contribution is 6.90. The first-order valence-electron chi connectivity index (χ1n) is 34.4. The molecule has 6 aliphatic rings. The van der Waals surface area contributed by atoms with E-state index in [0.29, 0.717) is 82.4 Å². The summed E-state index contributed by atoms with van der Waals surface area (Å²) in [5.41, 5.74) is 4.90. The lowest BCUT2D eigenvalue weighted by molar-refractivity contribution is -0.120. The fourth-order valence-corrected chi connectivity index (χ4v) is 21.7. The van der Waals surface area contributed by atoms with Gasteiger partial charge in [-0.15, -0.1) is 5.54 Å². The maximum atomic E-state index is 18.3. The molecule has 2 aromatic heterocycles. The van der Waals surface area contributed by atoms with Gasteiger partial charge >= 0.3 is 18.1 Å². The maximum absolute atomic E-state index is 18.3. The van der Waals surface area contributed by atoms with Crippen molar-refractivity contribution < 1.29 is 51.6 Å². The number of pyridine rings is 1. The van der Waals surface area contributed by atoms with Crippen LogP contribution in [0.15, 0.2) is 48.7 Å². The van der Waals surface area contributed by atoms with Crippen LogP contribution in [0.1, 0.15) is 150 Å². The fourth-order valence-electron chi connectivity index (χ4n) is 16.5. The number of ether oxygens (including phenoxy) is 5.